The second-order valence-corrected chi connectivity index (χ2v) is 3.99. The molecule has 0 spiro atoms. The molecule has 0 radical (unpaired) electrons. The Hall–Kier alpha value is -1.30. The van der Waals surface area contributed by atoms with Crippen molar-refractivity contribution >= 4 is 28.6 Å². The van der Waals surface area contributed by atoms with Crippen LogP contribution in [0, 0.1) is 14.9 Å². The molecule has 0 saturated heterocycles. The molecule has 0 aliphatic heterocycles. The molecule has 1 heterocycles. The average Bonchev–Trinajstić information content (AvgIpc) is 2.16. The van der Waals surface area contributed by atoms with E-state index < -0.39 is 24.4 Å². The summed E-state index contributed by atoms with van der Waals surface area (Å²) in [6.07, 6.45) is -2.32. The van der Waals surface area contributed by atoms with Crippen molar-refractivity contribution in [2.45, 2.75) is 12.8 Å². The summed E-state index contributed by atoms with van der Waals surface area (Å²) < 4.78 is 25.6. The van der Waals surface area contributed by atoms with Crippen LogP contribution in [0.15, 0.2) is 6.20 Å². The Kier molecular flexibility index (Phi) is 4.12. The van der Waals surface area contributed by atoms with Crippen molar-refractivity contribution in [1.29, 1.82) is 5.26 Å². The number of hydrogen-bond acceptors (Lipinski definition) is 3. The van der Waals surface area contributed by atoms with Crippen LogP contribution in [-0.4, -0.2) is 16.1 Å². The van der Waals surface area contributed by atoms with E-state index in [1.54, 1.807) is 28.7 Å². The van der Waals surface area contributed by atoms with E-state index in [-0.39, 0.29) is 14.8 Å². The summed E-state index contributed by atoms with van der Waals surface area (Å²) in [4.78, 5) is 14.2. The zero-order valence-corrected chi connectivity index (χ0v) is 9.90. The summed E-state index contributed by atoms with van der Waals surface area (Å²) in [5, 5.41) is 17.3. The monoisotopic (exact) mass is 338 g/mol. The van der Waals surface area contributed by atoms with Gasteiger partial charge in [0, 0.05) is 20.9 Å². The van der Waals surface area contributed by atoms with Crippen LogP contribution >= 0.6 is 22.6 Å². The van der Waals surface area contributed by atoms with Crippen LogP contribution in [0.2, 0.25) is 0 Å². The van der Waals surface area contributed by atoms with Crippen molar-refractivity contribution in [3.05, 3.63) is 26.6 Å². The SMILES string of the molecule is N#Cc1ncc(I)c(C(F)F)c1CC(=O)O. The van der Waals surface area contributed by atoms with Crippen molar-refractivity contribution in [3.8, 4) is 6.07 Å². The summed E-state index contributed by atoms with van der Waals surface area (Å²) in [5.41, 5.74) is -0.899. The van der Waals surface area contributed by atoms with E-state index in [1.807, 2.05) is 0 Å². The van der Waals surface area contributed by atoms with Gasteiger partial charge < -0.3 is 5.11 Å². The number of hydrogen-bond donors (Lipinski definition) is 1. The third-order valence-corrected chi connectivity index (χ3v) is 2.69. The number of rotatable bonds is 3. The predicted molar refractivity (Wildman–Crippen MR) is 58.0 cm³/mol. The van der Waals surface area contributed by atoms with Crippen molar-refractivity contribution < 1.29 is 18.7 Å². The molecule has 16 heavy (non-hydrogen) atoms. The highest BCUT2D eigenvalue weighted by atomic mass is 127. The lowest BCUT2D eigenvalue weighted by Crippen LogP contribution is -2.09. The first-order chi connectivity index (χ1) is 7.47. The molecule has 0 saturated carbocycles. The van der Waals surface area contributed by atoms with Crippen molar-refractivity contribution in [3.63, 3.8) is 0 Å². The molecule has 0 aliphatic carbocycles. The third-order valence-electron chi connectivity index (χ3n) is 1.83. The maximum atomic E-state index is 12.7. The maximum absolute atomic E-state index is 12.7. The largest absolute Gasteiger partial charge is 0.481 e. The third kappa shape index (κ3) is 2.63. The lowest BCUT2D eigenvalue weighted by atomic mass is 10.0. The molecule has 1 aromatic heterocycles. The zero-order valence-electron chi connectivity index (χ0n) is 7.75. The molecule has 7 heteroatoms. The Morgan fingerprint density at radius 3 is 2.75 bits per heavy atom. The molecule has 0 aromatic carbocycles. The Morgan fingerprint density at radius 2 is 2.31 bits per heavy atom. The smallest absolute Gasteiger partial charge is 0.307 e. The van der Waals surface area contributed by atoms with E-state index >= 15 is 0 Å². The first-order valence-corrected chi connectivity index (χ1v) is 5.12. The first-order valence-electron chi connectivity index (χ1n) is 4.04. The lowest BCUT2D eigenvalue weighted by Gasteiger charge is -2.10. The average molecular weight is 338 g/mol. The number of carbonyl (C=O) groups is 1. The Morgan fingerprint density at radius 1 is 1.69 bits per heavy atom. The van der Waals surface area contributed by atoms with Gasteiger partial charge in [-0.3, -0.25) is 4.79 Å². The lowest BCUT2D eigenvalue weighted by molar-refractivity contribution is -0.136. The molecule has 1 rings (SSSR count). The fourth-order valence-corrected chi connectivity index (χ4v) is 1.90. The van der Waals surface area contributed by atoms with Crippen LogP contribution in [-0.2, 0) is 11.2 Å². The van der Waals surface area contributed by atoms with Crippen LogP contribution in [0.1, 0.15) is 23.2 Å². The van der Waals surface area contributed by atoms with Gasteiger partial charge in [-0.05, 0) is 22.6 Å². The maximum Gasteiger partial charge on any atom is 0.307 e. The fourth-order valence-electron chi connectivity index (χ4n) is 1.20. The molecule has 0 aliphatic rings. The van der Waals surface area contributed by atoms with Gasteiger partial charge >= 0.3 is 5.97 Å². The highest BCUT2D eigenvalue weighted by Gasteiger charge is 2.22. The van der Waals surface area contributed by atoms with Gasteiger partial charge in [0.2, 0.25) is 0 Å². The van der Waals surface area contributed by atoms with Gasteiger partial charge in [0.1, 0.15) is 11.8 Å². The predicted octanol–water partition coefficient (Wildman–Crippen LogP) is 2.12. The molecular formula is C9H5F2IN2O2. The molecule has 84 valence electrons. The van der Waals surface area contributed by atoms with Gasteiger partial charge in [-0.15, -0.1) is 0 Å². The summed E-state index contributed by atoms with van der Waals surface area (Å²) in [5.74, 6) is -1.28. The molecule has 0 bridgehead atoms. The highest BCUT2D eigenvalue weighted by Crippen LogP contribution is 2.29. The fraction of sp³-hybridized carbons (Fsp3) is 0.222. The van der Waals surface area contributed by atoms with Crippen molar-refractivity contribution in [2.24, 2.45) is 0 Å². The molecule has 0 amide bonds. The Balaban J connectivity index is 3.43. The molecule has 0 atom stereocenters. The second-order valence-electron chi connectivity index (χ2n) is 2.83. The number of carboxylic acids is 1. The van der Waals surface area contributed by atoms with E-state index in [0.29, 0.717) is 0 Å². The van der Waals surface area contributed by atoms with Crippen LogP contribution in [0.3, 0.4) is 0 Å². The van der Waals surface area contributed by atoms with Gasteiger partial charge in [0.15, 0.2) is 0 Å². The van der Waals surface area contributed by atoms with Gasteiger partial charge in [0.25, 0.3) is 6.43 Å². The quantitative estimate of drug-likeness (QED) is 0.857. The minimum Gasteiger partial charge on any atom is -0.481 e. The van der Waals surface area contributed by atoms with Crippen LogP contribution in [0.25, 0.3) is 0 Å². The minimum absolute atomic E-state index is 0.155. The van der Waals surface area contributed by atoms with E-state index in [2.05, 4.69) is 4.98 Å². The van der Waals surface area contributed by atoms with Crippen LogP contribution in [0.4, 0.5) is 8.78 Å². The summed E-state index contributed by atoms with van der Waals surface area (Å²) >= 11 is 1.64. The van der Waals surface area contributed by atoms with Crippen LogP contribution in [0.5, 0.6) is 0 Å². The highest BCUT2D eigenvalue weighted by molar-refractivity contribution is 14.1. The minimum atomic E-state index is -2.82. The van der Waals surface area contributed by atoms with E-state index in [4.69, 9.17) is 10.4 Å². The van der Waals surface area contributed by atoms with Crippen molar-refractivity contribution in [1.82, 2.24) is 4.98 Å². The van der Waals surface area contributed by atoms with Gasteiger partial charge in [0.05, 0.1) is 6.42 Å². The summed E-state index contributed by atoms with van der Waals surface area (Å²) in [7, 11) is 0. The standard InChI is InChI=1S/C9H5F2IN2O2/c10-9(11)8-4(1-7(15)16)6(2-13)14-3-5(8)12/h3,9H,1H2,(H,15,16). The molecule has 1 aromatic rings. The number of alkyl halides is 2. The van der Waals surface area contributed by atoms with E-state index in [0.717, 1.165) is 6.20 Å². The molecule has 0 fully saturated rings. The number of halogens is 3. The van der Waals surface area contributed by atoms with Gasteiger partial charge in [-0.1, -0.05) is 0 Å². The molecule has 4 nitrogen and oxygen atoms in total. The number of aliphatic carboxylic acids is 1. The normalized spacial score (nSPS) is 10.2. The molecule has 1 N–H and O–H groups in total. The van der Waals surface area contributed by atoms with E-state index in [9.17, 15) is 13.6 Å². The first kappa shape index (κ1) is 12.8. The Labute approximate surface area is 103 Å². The zero-order chi connectivity index (χ0) is 12.3. The second kappa shape index (κ2) is 5.16. The van der Waals surface area contributed by atoms with Gasteiger partial charge in [-0.25, -0.2) is 13.8 Å². The number of aromatic nitrogens is 1. The molecule has 0 unspecified atom stereocenters. The summed E-state index contributed by atoms with van der Waals surface area (Å²) in [6.45, 7) is 0. The number of carboxylic acid groups (broad SMARTS) is 1. The molecular weight excluding hydrogens is 333 g/mol. The van der Waals surface area contributed by atoms with Crippen molar-refractivity contribution in [2.75, 3.05) is 0 Å². The topological polar surface area (TPSA) is 74.0 Å². The van der Waals surface area contributed by atoms with E-state index in [1.165, 1.54) is 0 Å². The number of nitriles is 1. The number of pyridine rings is 1. The van der Waals surface area contributed by atoms with Gasteiger partial charge in [-0.2, -0.15) is 5.26 Å². The number of nitrogens with zero attached hydrogens (tertiary/aromatic N) is 2. The van der Waals surface area contributed by atoms with Crippen LogP contribution < -0.4 is 0 Å². The summed E-state index contributed by atoms with van der Waals surface area (Å²) in [6, 6.07) is 1.61. The Bertz CT molecular complexity index is 471.